The fourth-order valence-electron chi connectivity index (χ4n) is 1.55. The average Bonchev–Trinajstić information content (AvgIpc) is 2.98. The Balaban J connectivity index is 1.90. The van der Waals surface area contributed by atoms with Gasteiger partial charge < -0.3 is 14.5 Å². The normalized spacial score (nSPS) is 10.6. The zero-order valence-electron chi connectivity index (χ0n) is 10.2. The molecule has 2 rings (SSSR count). The molecule has 0 aliphatic carbocycles. The Kier molecular flexibility index (Phi) is 4.11. The number of rotatable bonds is 5. The van der Waals surface area contributed by atoms with Crippen molar-refractivity contribution in [1.29, 1.82) is 0 Å². The van der Waals surface area contributed by atoms with Crippen LogP contribution in [-0.4, -0.2) is 18.1 Å². The number of hydrogen-bond acceptors (Lipinski definition) is 6. The van der Waals surface area contributed by atoms with Gasteiger partial charge in [0.1, 0.15) is 0 Å². The minimum absolute atomic E-state index is 0.255. The van der Waals surface area contributed by atoms with E-state index >= 15 is 0 Å². The van der Waals surface area contributed by atoms with Gasteiger partial charge in [0.15, 0.2) is 0 Å². The van der Waals surface area contributed by atoms with E-state index < -0.39 is 5.97 Å². The number of aryl methyl sites for hydroxylation is 1. The van der Waals surface area contributed by atoms with Crippen molar-refractivity contribution in [3.05, 3.63) is 39.7 Å². The van der Waals surface area contributed by atoms with Crippen molar-refractivity contribution < 1.29 is 13.9 Å². The SMILES string of the molecule is COC(=O)c1occc1CNCc1cnc(C)s1. The molecule has 0 saturated heterocycles. The lowest BCUT2D eigenvalue weighted by Gasteiger charge is -2.02. The van der Waals surface area contributed by atoms with Crippen LogP contribution in [0.5, 0.6) is 0 Å². The lowest BCUT2D eigenvalue weighted by Crippen LogP contribution is -2.14. The first kappa shape index (κ1) is 12.8. The molecule has 0 aliphatic heterocycles. The highest BCUT2D eigenvalue weighted by Gasteiger charge is 2.15. The number of esters is 1. The van der Waals surface area contributed by atoms with Gasteiger partial charge in [0.05, 0.1) is 18.4 Å². The molecule has 1 N–H and O–H groups in total. The van der Waals surface area contributed by atoms with E-state index in [1.807, 2.05) is 13.1 Å². The molecular formula is C12H14N2O3S. The van der Waals surface area contributed by atoms with Crippen LogP contribution in [-0.2, 0) is 17.8 Å². The van der Waals surface area contributed by atoms with E-state index in [0.717, 1.165) is 22.0 Å². The molecule has 0 radical (unpaired) electrons. The summed E-state index contributed by atoms with van der Waals surface area (Å²) in [5.74, 6) is -0.198. The second-order valence-electron chi connectivity index (χ2n) is 3.72. The summed E-state index contributed by atoms with van der Waals surface area (Å²) in [5.41, 5.74) is 0.795. The van der Waals surface area contributed by atoms with Gasteiger partial charge in [-0.1, -0.05) is 0 Å². The Morgan fingerprint density at radius 2 is 2.39 bits per heavy atom. The number of carbonyl (C=O) groups is 1. The van der Waals surface area contributed by atoms with Crippen molar-refractivity contribution in [2.45, 2.75) is 20.0 Å². The maximum atomic E-state index is 11.4. The lowest BCUT2D eigenvalue weighted by atomic mass is 10.2. The van der Waals surface area contributed by atoms with Crippen LogP contribution >= 0.6 is 11.3 Å². The molecule has 96 valence electrons. The Hall–Kier alpha value is -1.66. The zero-order valence-corrected chi connectivity index (χ0v) is 11.0. The van der Waals surface area contributed by atoms with Crippen molar-refractivity contribution in [3.8, 4) is 0 Å². The average molecular weight is 266 g/mol. The van der Waals surface area contributed by atoms with Gasteiger partial charge in [0, 0.05) is 29.7 Å². The van der Waals surface area contributed by atoms with Crippen LogP contribution < -0.4 is 5.32 Å². The van der Waals surface area contributed by atoms with Gasteiger partial charge in [-0.3, -0.25) is 0 Å². The minimum Gasteiger partial charge on any atom is -0.463 e. The van der Waals surface area contributed by atoms with Crippen LogP contribution in [0, 0.1) is 6.92 Å². The zero-order chi connectivity index (χ0) is 13.0. The first-order valence-corrected chi connectivity index (χ1v) is 6.29. The molecule has 2 aromatic rings. The van der Waals surface area contributed by atoms with Gasteiger partial charge in [0.25, 0.3) is 0 Å². The monoisotopic (exact) mass is 266 g/mol. The van der Waals surface area contributed by atoms with Crippen molar-refractivity contribution in [2.24, 2.45) is 0 Å². The summed E-state index contributed by atoms with van der Waals surface area (Å²) >= 11 is 1.65. The Morgan fingerprint density at radius 1 is 1.56 bits per heavy atom. The molecule has 6 heteroatoms. The van der Waals surface area contributed by atoms with E-state index in [1.54, 1.807) is 17.4 Å². The number of nitrogens with zero attached hydrogens (tertiary/aromatic N) is 1. The van der Waals surface area contributed by atoms with Crippen molar-refractivity contribution in [1.82, 2.24) is 10.3 Å². The third-order valence-corrected chi connectivity index (χ3v) is 3.31. The Labute approximate surface area is 109 Å². The van der Waals surface area contributed by atoms with Crippen LogP contribution in [0.4, 0.5) is 0 Å². The first-order chi connectivity index (χ1) is 8.70. The summed E-state index contributed by atoms with van der Waals surface area (Å²) in [6, 6.07) is 1.76. The quantitative estimate of drug-likeness (QED) is 0.840. The second-order valence-corrected chi connectivity index (χ2v) is 5.04. The predicted octanol–water partition coefficient (Wildman–Crippen LogP) is 2.12. The molecule has 0 amide bonds. The van der Waals surface area contributed by atoms with Crippen molar-refractivity contribution in [2.75, 3.05) is 7.11 Å². The molecular weight excluding hydrogens is 252 g/mol. The molecule has 0 spiro atoms. The van der Waals surface area contributed by atoms with Gasteiger partial charge in [-0.2, -0.15) is 0 Å². The number of aromatic nitrogens is 1. The summed E-state index contributed by atoms with van der Waals surface area (Å²) in [7, 11) is 1.34. The van der Waals surface area contributed by atoms with Crippen LogP contribution in [0.1, 0.15) is 26.0 Å². The van der Waals surface area contributed by atoms with Crippen LogP contribution in [0.15, 0.2) is 22.9 Å². The fourth-order valence-corrected chi connectivity index (χ4v) is 2.32. The summed E-state index contributed by atoms with van der Waals surface area (Å²) in [5, 5.41) is 4.29. The molecule has 0 fully saturated rings. The highest BCUT2D eigenvalue weighted by atomic mass is 32.1. The summed E-state index contributed by atoms with van der Waals surface area (Å²) < 4.78 is 9.73. The molecule has 2 heterocycles. The van der Waals surface area contributed by atoms with Crippen LogP contribution in [0.2, 0.25) is 0 Å². The smallest absolute Gasteiger partial charge is 0.374 e. The molecule has 2 aromatic heterocycles. The standard InChI is InChI=1S/C12H14N2O3S/c1-8-14-7-10(18-8)6-13-5-9-3-4-17-11(9)12(15)16-2/h3-4,7,13H,5-6H2,1-2H3. The molecule has 0 atom stereocenters. The lowest BCUT2D eigenvalue weighted by molar-refractivity contribution is 0.0563. The van der Waals surface area contributed by atoms with Gasteiger partial charge >= 0.3 is 5.97 Å². The fraction of sp³-hybridized carbons (Fsp3) is 0.333. The largest absolute Gasteiger partial charge is 0.463 e. The molecule has 0 bridgehead atoms. The molecule has 5 nitrogen and oxygen atoms in total. The Morgan fingerprint density at radius 3 is 3.06 bits per heavy atom. The van der Waals surface area contributed by atoms with E-state index in [0.29, 0.717) is 6.54 Å². The van der Waals surface area contributed by atoms with Gasteiger partial charge in [0.2, 0.25) is 5.76 Å². The first-order valence-electron chi connectivity index (χ1n) is 5.47. The number of ether oxygens (including phenoxy) is 1. The molecule has 0 unspecified atom stereocenters. The third kappa shape index (κ3) is 2.96. The van der Waals surface area contributed by atoms with E-state index in [4.69, 9.17) is 4.42 Å². The topological polar surface area (TPSA) is 64.4 Å². The predicted molar refractivity (Wildman–Crippen MR) is 67.4 cm³/mol. The minimum atomic E-state index is -0.453. The van der Waals surface area contributed by atoms with Gasteiger partial charge in [-0.15, -0.1) is 11.3 Å². The highest BCUT2D eigenvalue weighted by molar-refractivity contribution is 7.11. The maximum absolute atomic E-state index is 11.4. The molecule has 0 aromatic carbocycles. The summed E-state index contributed by atoms with van der Waals surface area (Å²) in [4.78, 5) is 16.7. The summed E-state index contributed by atoms with van der Waals surface area (Å²) in [6.07, 6.45) is 3.34. The maximum Gasteiger partial charge on any atom is 0.374 e. The molecule has 0 aliphatic rings. The van der Waals surface area contributed by atoms with Crippen molar-refractivity contribution >= 4 is 17.3 Å². The number of carbonyl (C=O) groups excluding carboxylic acids is 1. The highest BCUT2D eigenvalue weighted by Crippen LogP contribution is 2.13. The number of thiazole rings is 1. The number of furan rings is 1. The summed E-state index contributed by atoms with van der Waals surface area (Å²) in [6.45, 7) is 3.24. The molecule has 0 saturated carbocycles. The van der Waals surface area contributed by atoms with Gasteiger partial charge in [-0.05, 0) is 13.0 Å². The van der Waals surface area contributed by atoms with Crippen LogP contribution in [0.25, 0.3) is 0 Å². The number of nitrogens with one attached hydrogen (secondary N) is 1. The Bertz CT molecular complexity index is 533. The van der Waals surface area contributed by atoms with Crippen LogP contribution in [0.3, 0.4) is 0 Å². The molecule has 18 heavy (non-hydrogen) atoms. The third-order valence-electron chi connectivity index (χ3n) is 2.40. The van der Waals surface area contributed by atoms with E-state index in [2.05, 4.69) is 15.0 Å². The van der Waals surface area contributed by atoms with Gasteiger partial charge in [-0.25, -0.2) is 9.78 Å². The van der Waals surface area contributed by atoms with E-state index in [1.165, 1.54) is 13.4 Å². The second kappa shape index (κ2) is 5.79. The number of hydrogen-bond donors (Lipinski definition) is 1. The van der Waals surface area contributed by atoms with Crippen molar-refractivity contribution in [3.63, 3.8) is 0 Å². The van der Waals surface area contributed by atoms with E-state index in [-0.39, 0.29) is 5.76 Å². The number of methoxy groups -OCH3 is 1. The van der Waals surface area contributed by atoms with E-state index in [9.17, 15) is 4.79 Å².